The fourth-order valence-electron chi connectivity index (χ4n) is 2.27. The van der Waals surface area contributed by atoms with Gasteiger partial charge >= 0.3 is 0 Å². The van der Waals surface area contributed by atoms with Crippen molar-refractivity contribution in [3.8, 4) is 0 Å². The zero-order valence-corrected chi connectivity index (χ0v) is 12.6. The third kappa shape index (κ3) is 2.26. The van der Waals surface area contributed by atoms with Crippen molar-refractivity contribution in [2.45, 2.75) is 6.04 Å². The van der Waals surface area contributed by atoms with Crippen LogP contribution in [0.4, 0.5) is 8.78 Å². The Labute approximate surface area is 127 Å². The maximum Gasteiger partial charge on any atom is 0.132 e. The summed E-state index contributed by atoms with van der Waals surface area (Å²) in [6, 6.07) is 9.20. The highest BCUT2D eigenvalue weighted by atomic mass is 79.9. The molecule has 20 heavy (non-hydrogen) atoms. The van der Waals surface area contributed by atoms with E-state index in [1.807, 2.05) is 29.6 Å². The van der Waals surface area contributed by atoms with Crippen molar-refractivity contribution in [3.63, 3.8) is 0 Å². The minimum atomic E-state index is -0.828. The van der Waals surface area contributed by atoms with Crippen molar-refractivity contribution in [1.29, 1.82) is 0 Å². The van der Waals surface area contributed by atoms with Gasteiger partial charge in [0.15, 0.2) is 0 Å². The maximum atomic E-state index is 14.0. The molecule has 0 spiro atoms. The first-order chi connectivity index (χ1) is 9.58. The number of rotatable bonds is 2. The van der Waals surface area contributed by atoms with Gasteiger partial charge in [0.2, 0.25) is 0 Å². The number of thiophene rings is 1. The Morgan fingerprint density at radius 2 is 1.80 bits per heavy atom. The molecule has 1 aromatic heterocycles. The van der Waals surface area contributed by atoms with Crippen LogP contribution in [0.3, 0.4) is 0 Å². The molecule has 1 nitrogen and oxygen atoms in total. The van der Waals surface area contributed by atoms with Crippen LogP contribution in [0.1, 0.15) is 17.2 Å². The van der Waals surface area contributed by atoms with Crippen LogP contribution in [0.5, 0.6) is 0 Å². The van der Waals surface area contributed by atoms with Crippen LogP contribution >= 0.6 is 27.3 Å². The highest BCUT2D eigenvalue weighted by Gasteiger charge is 2.21. The van der Waals surface area contributed by atoms with E-state index in [0.29, 0.717) is 4.47 Å². The van der Waals surface area contributed by atoms with Gasteiger partial charge in [0, 0.05) is 14.7 Å². The average Bonchev–Trinajstić information content (AvgIpc) is 2.85. The summed E-state index contributed by atoms with van der Waals surface area (Å²) in [5.74, 6) is -1.28. The second-order valence-corrected chi connectivity index (χ2v) is 6.28. The lowest BCUT2D eigenvalue weighted by atomic mass is 9.97. The van der Waals surface area contributed by atoms with E-state index in [1.165, 1.54) is 23.5 Å². The van der Waals surface area contributed by atoms with Crippen LogP contribution in [-0.4, -0.2) is 0 Å². The summed E-state index contributed by atoms with van der Waals surface area (Å²) in [6.45, 7) is 0. The standard InChI is InChI=1S/C15H10BrF2NS/c16-9-6-11(17)13(12(18)7-9)14(19)10-3-1-2-8-4-5-20-15(8)10/h1-7,14H,19H2. The van der Waals surface area contributed by atoms with Crippen molar-refractivity contribution in [3.05, 3.63) is 69.0 Å². The third-order valence-electron chi connectivity index (χ3n) is 3.20. The van der Waals surface area contributed by atoms with Crippen LogP contribution in [0, 0.1) is 11.6 Å². The van der Waals surface area contributed by atoms with E-state index in [2.05, 4.69) is 15.9 Å². The molecule has 1 unspecified atom stereocenters. The van der Waals surface area contributed by atoms with Gasteiger partial charge < -0.3 is 5.73 Å². The number of halogens is 3. The number of hydrogen-bond acceptors (Lipinski definition) is 2. The first kappa shape index (κ1) is 13.7. The highest BCUT2D eigenvalue weighted by molar-refractivity contribution is 9.10. The topological polar surface area (TPSA) is 26.0 Å². The Bertz CT molecular complexity index is 761. The SMILES string of the molecule is NC(c1c(F)cc(Br)cc1F)c1cccc2ccsc12. The lowest BCUT2D eigenvalue weighted by Gasteiger charge is -2.15. The van der Waals surface area contributed by atoms with Crippen LogP contribution in [-0.2, 0) is 0 Å². The quantitative estimate of drug-likeness (QED) is 0.689. The van der Waals surface area contributed by atoms with Gasteiger partial charge in [-0.1, -0.05) is 34.1 Å². The molecule has 0 saturated carbocycles. The number of nitrogens with two attached hydrogens (primary N) is 1. The summed E-state index contributed by atoms with van der Waals surface area (Å²) in [7, 11) is 0. The molecule has 0 saturated heterocycles. The molecule has 2 N–H and O–H groups in total. The number of fused-ring (bicyclic) bond motifs is 1. The predicted octanol–water partition coefficient (Wildman–Crippen LogP) is 4.99. The summed E-state index contributed by atoms with van der Waals surface area (Å²) < 4.78 is 29.4. The molecule has 3 rings (SSSR count). The van der Waals surface area contributed by atoms with Gasteiger partial charge in [-0.3, -0.25) is 0 Å². The zero-order valence-electron chi connectivity index (χ0n) is 10.2. The summed E-state index contributed by atoms with van der Waals surface area (Å²) in [6.07, 6.45) is 0. The normalized spacial score (nSPS) is 12.8. The van der Waals surface area contributed by atoms with Crippen molar-refractivity contribution in [2.24, 2.45) is 5.73 Å². The van der Waals surface area contributed by atoms with E-state index < -0.39 is 17.7 Å². The van der Waals surface area contributed by atoms with Crippen LogP contribution in [0.25, 0.3) is 10.1 Å². The second-order valence-electron chi connectivity index (χ2n) is 4.45. The molecule has 0 radical (unpaired) electrons. The summed E-state index contributed by atoms with van der Waals surface area (Å²) in [4.78, 5) is 0. The Morgan fingerprint density at radius 3 is 2.50 bits per heavy atom. The van der Waals surface area contributed by atoms with Gasteiger partial charge in [0.1, 0.15) is 11.6 Å². The van der Waals surface area contributed by atoms with E-state index >= 15 is 0 Å². The molecule has 0 aliphatic heterocycles. The largest absolute Gasteiger partial charge is 0.320 e. The van der Waals surface area contributed by atoms with Crippen molar-refractivity contribution in [2.75, 3.05) is 0 Å². The third-order valence-corrected chi connectivity index (χ3v) is 4.64. The molecular formula is C15H10BrF2NS. The fraction of sp³-hybridized carbons (Fsp3) is 0.0667. The van der Waals surface area contributed by atoms with Crippen LogP contribution in [0.15, 0.2) is 46.3 Å². The Morgan fingerprint density at radius 1 is 1.10 bits per heavy atom. The monoisotopic (exact) mass is 353 g/mol. The van der Waals surface area contributed by atoms with Gasteiger partial charge in [-0.2, -0.15) is 0 Å². The first-order valence-corrected chi connectivity index (χ1v) is 7.61. The molecule has 102 valence electrons. The molecule has 1 atom stereocenters. The van der Waals surface area contributed by atoms with Crippen LogP contribution < -0.4 is 5.73 Å². The summed E-state index contributed by atoms with van der Waals surface area (Å²) >= 11 is 4.58. The van der Waals surface area contributed by atoms with Crippen molar-refractivity contribution < 1.29 is 8.78 Å². The van der Waals surface area contributed by atoms with Gasteiger partial charge in [0.05, 0.1) is 6.04 Å². The van der Waals surface area contributed by atoms with Gasteiger partial charge in [-0.25, -0.2) is 8.78 Å². The highest BCUT2D eigenvalue weighted by Crippen LogP contribution is 2.33. The zero-order chi connectivity index (χ0) is 14.3. The maximum absolute atomic E-state index is 14.0. The molecule has 2 aromatic carbocycles. The van der Waals surface area contributed by atoms with Crippen molar-refractivity contribution in [1.82, 2.24) is 0 Å². The van der Waals surface area contributed by atoms with E-state index in [9.17, 15) is 8.78 Å². The summed E-state index contributed by atoms with van der Waals surface area (Å²) in [5.41, 5.74) is 6.74. The van der Waals surface area contributed by atoms with Gasteiger partial charge in [-0.15, -0.1) is 11.3 Å². The minimum Gasteiger partial charge on any atom is -0.320 e. The molecule has 0 aliphatic carbocycles. The predicted molar refractivity (Wildman–Crippen MR) is 81.9 cm³/mol. The fourth-order valence-corrected chi connectivity index (χ4v) is 3.62. The number of benzene rings is 2. The van der Waals surface area contributed by atoms with E-state index in [-0.39, 0.29) is 5.56 Å². The Kier molecular flexibility index (Phi) is 3.58. The minimum absolute atomic E-state index is 0.103. The van der Waals surface area contributed by atoms with Gasteiger partial charge in [0.25, 0.3) is 0 Å². The smallest absolute Gasteiger partial charge is 0.132 e. The van der Waals surface area contributed by atoms with E-state index in [4.69, 9.17) is 5.73 Å². The Hall–Kier alpha value is -1.30. The average molecular weight is 354 g/mol. The van der Waals surface area contributed by atoms with Gasteiger partial charge in [-0.05, 0) is 34.5 Å². The van der Waals surface area contributed by atoms with E-state index in [1.54, 1.807) is 0 Å². The molecule has 0 bridgehead atoms. The second kappa shape index (κ2) is 5.24. The van der Waals surface area contributed by atoms with Crippen molar-refractivity contribution >= 4 is 37.4 Å². The lowest BCUT2D eigenvalue weighted by Crippen LogP contribution is -2.15. The van der Waals surface area contributed by atoms with Crippen LogP contribution in [0.2, 0.25) is 0 Å². The number of hydrogen-bond donors (Lipinski definition) is 1. The van der Waals surface area contributed by atoms with E-state index in [0.717, 1.165) is 15.6 Å². The molecule has 3 aromatic rings. The molecule has 0 amide bonds. The molecule has 5 heteroatoms. The molecular weight excluding hydrogens is 344 g/mol. The summed E-state index contributed by atoms with van der Waals surface area (Å²) in [5, 5.41) is 2.97. The first-order valence-electron chi connectivity index (χ1n) is 5.94. The Balaban J connectivity index is 2.18. The molecule has 0 aliphatic rings. The molecule has 0 fully saturated rings. The molecule has 1 heterocycles. The lowest BCUT2D eigenvalue weighted by molar-refractivity contribution is 0.543.